The summed E-state index contributed by atoms with van der Waals surface area (Å²) in [4.78, 5) is 17.2. The minimum absolute atomic E-state index is 0.0373. The van der Waals surface area contributed by atoms with Crippen molar-refractivity contribution >= 4 is 15.9 Å². The van der Waals surface area contributed by atoms with E-state index in [2.05, 4.69) is 17.1 Å². The van der Waals surface area contributed by atoms with E-state index in [4.69, 9.17) is 0 Å². The number of likely N-dealkylation sites (N-methyl/N-ethyl adjacent to an activating group) is 1. The van der Waals surface area contributed by atoms with Gasteiger partial charge in [0.15, 0.2) is 0 Å². The lowest BCUT2D eigenvalue weighted by atomic mass is 10.2. The molecule has 2 aliphatic heterocycles. The number of benzene rings is 1. The molecule has 0 bridgehead atoms. The number of piperazine rings is 1. The van der Waals surface area contributed by atoms with Gasteiger partial charge in [0.25, 0.3) is 0 Å². The Kier molecular flexibility index (Phi) is 7.67. The summed E-state index contributed by atoms with van der Waals surface area (Å²) in [6, 6.07) is 7.32. The van der Waals surface area contributed by atoms with Crippen LogP contribution in [0.15, 0.2) is 29.2 Å². The summed E-state index contributed by atoms with van der Waals surface area (Å²) >= 11 is 0. The molecule has 1 atom stereocenters. The first-order valence-electron chi connectivity index (χ1n) is 10.7. The summed E-state index contributed by atoms with van der Waals surface area (Å²) in [6.45, 7) is 9.52. The number of likely N-dealkylation sites (tertiary alicyclic amines) is 1. The van der Waals surface area contributed by atoms with Crippen LogP contribution in [0.1, 0.15) is 31.7 Å². The molecular formula is C21H34N4O3S. The second-order valence-corrected chi connectivity index (χ2v) is 9.84. The van der Waals surface area contributed by atoms with Gasteiger partial charge in [-0.3, -0.25) is 9.69 Å². The highest BCUT2D eigenvalue weighted by Crippen LogP contribution is 2.24. The predicted molar refractivity (Wildman–Crippen MR) is 114 cm³/mol. The van der Waals surface area contributed by atoms with Crippen molar-refractivity contribution in [1.29, 1.82) is 0 Å². The molecule has 29 heavy (non-hydrogen) atoms. The predicted octanol–water partition coefficient (Wildman–Crippen LogP) is 1.29. The number of carbonyl (C=O) groups excluding carboxylic acids is 1. The summed E-state index contributed by atoms with van der Waals surface area (Å²) in [5, 5.41) is 3.24. The molecule has 2 fully saturated rings. The molecule has 7 nitrogen and oxygen atoms in total. The van der Waals surface area contributed by atoms with Gasteiger partial charge >= 0.3 is 0 Å². The molecule has 0 spiro atoms. The zero-order valence-corrected chi connectivity index (χ0v) is 18.5. The molecule has 1 aromatic carbocycles. The van der Waals surface area contributed by atoms with Gasteiger partial charge in [-0.2, -0.15) is 4.31 Å². The summed E-state index contributed by atoms with van der Waals surface area (Å²) in [6.07, 6.45) is 2.32. The maximum Gasteiger partial charge on any atom is 0.243 e. The molecule has 0 radical (unpaired) electrons. The van der Waals surface area contributed by atoms with Crippen LogP contribution in [0.5, 0.6) is 0 Å². The van der Waals surface area contributed by atoms with Gasteiger partial charge in [0.1, 0.15) is 0 Å². The number of aryl methyl sites for hydroxylation is 1. The van der Waals surface area contributed by atoms with Gasteiger partial charge in [-0.05, 0) is 44.5 Å². The fourth-order valence-electron chi connectivity index (χ4n) is 4.34. The van der Waals surface area contributed by atoms with E-state index in [1.54, 1.807) is 16.4 Å². The Morgan fingerprint density at radius 2 is 1.93 bits per heavy atom. The normalized spacial score (nSPS) is 21.1. The molecule has 162 valence electrons. The molecule has 1 amide bonds. The van der Waals surface area contributed by atoms with Crippen molar-refractivity contribution in [3.05, 3.63) is 29.8 Å². The SMILES string of the molecule is CCN1CCCC1CN(CCC(=O)N1CCNCC1)S(=O)(=O)c1ccccc1C. The molecule has 3 rings (SSSR count). The van der Waals surface area contributed by atoms with E-state index in [1.165, 1.54) is 0 Å². The second kappa shape index (κ2) is 10.0. The highest BCUT2D eigenvalue weighted by Gasteiger charge is 2.32. The van der Waals surface area contributed by atoms with E-state index >= 15 is 0 Å². The molecule has 2 heterocycles. The average Bonchev–Trinajstić information content (AvgIpc) is 3.18. The van der Waals surface area contributed by atoms with Gasteiger partial charge < -0.3 is 10.2 Å². The number of hydrogen-bond donors (Lipinski definition) is 1. The highest BCUT2D eigenvalue weighted by atomic mass is 32.2. The molecule has 2 saturated heterocycles. The third-order valence-corrected chi connectivity index (χ3v) is 8.10. The van der Waals surface area contributed by atoms with Gasteiger partial charge in [-0.15, -0.1) is 0 Å². The minimum atomic E-state index is -3.65. The summed E-state index contributed by atoms with van der Waals surface area (Å²) in [5.41, 5.74) is 0.740. The number of carbonyl (C=O) groups is 1. The Hall–Kier alpha value is -1.48. The third-order valence-electron chi connectivity index (χ3n) is 6.08. The molecule has 1 unspecified atom stereocenters. The maximum absolute atomic E-state index is 13.5. The van der Waals surface area contributed by atoms with E-state index in [0.717, 1.165) is 44.6 Å². The van der Waals surface area contributed by atoms with E-state index in [-0.39, 0.29) is 24.9 Å². The molecule has 2 aliphatic rings. The quantitative estimate of drug-likeness (QED) is 0.684. The average molecular weight is 423 g/mol. The molecular weight excluding hydrogens is 388 g/mol. The first-order valence-corrected chi connectivity index (χ1v) is 12.2. The second-order valence-electron chi connectivity index (χ2n) is 7.93. The molecule has 0 saturated carbocycles. The zero-order chi connectivity index (χ0) is 20.9. The van der Waals surface area contributed by atoms with Crippen molar-refractivity contribution in [3.63, 3.8) is 0 Å². The van der Waals surface area contributed by atoms with Gasteiger partial charge in [-0.1, -0.05) is 25.1 Å². The molecule has 1 N–H and O–H groups in total. The number of nitrogens with zero attached hydrogens (tertiary/aromatic N) is 3. The summed E-state index contributed by atoms with van der Waals surface area (Å²) in [7, 11) is -3.65. The largest absolute Gasteiger partial charge is 0.340 e. The van der Waals surface area contributed by atoms with Crippen LogP contribution in [0.3, 0.4) is 0 Å². The van der Waals surface area contributed by atoms with Crippen molar-refractivity contribution in [2.45, 2.75) is 44.0 Å². The monoisotopic (exact) mass is 422 g/mol. The first kappa shape index (κ1) is 22.2. The van der Waals surface area contributed by atoms with Gasteiger partial charge in [-0.25, -0.2) is 8.42 Å². The fourth-order valence-corrected chi connectivity index (χ4v) is 6.04. The smallest absolute Gasteiger partial charge is 0.243 e. The van der Waals surface area contributed by atoms with Crippen LogP contribution >= 0.6 is 0 Å². The van der Waals surface area contributed by atoms with Crippen molar-refractivity contribution in [2.75, 3.05) is 52.4 Å². The Labute approximate surface area is 175 Å². The van der Waals surface area contributed by atoms with Crippen LogP contribution in [-0.4, -0.2) is 86.8 Å². The van der Waals surface area contributed by atoms with Crippen molar-refractivity contribution < 1.29 is 13.2 Å². The maximum atomic E-state index is 13.5. The Balaban J connectivity index is 1.77. The first-order chi connectivity index (χ1) is 13.9. The van der Waals surface area contributed by atoms with Crippen LogP contribution in [0.2, 0.25) is 0 Å². The molecule has 8 heteroatoms. The highest BCUT2D eigenvalue weighted by molar-refractivity contribution is 7.89. The zero-order valence-electron chi connectivity index (χ0n) is 17.6. The van der Waals surface area contributed by atoms with Crippen LogP contribution in [0, 0.1) is 6.92 Å². The fraction of sp³-hybridized carbons (Fsp3) is 0.667. The number of rotatable bonds is 8. The van der Waals surface area contributed by atoms with Crippen molar-refractivity contribution in [3.8, 4) is 0 Å². The topological polar surface area (TPSA) is 73.0 Å². The third kappa shape index (κ3) is 5.36. The number of hydrogen-bond acceptors (Lipinski definition) is 5. The number of amides is 1. The van der Waals surface area contributed by atoms with Crippen molar-refractivity contribution in [2.24, 2.45) is 0 Å². The van der Waals surface area contributed by atoms with E-state index in [0.29, 0.717) is 24.5 Å². The van der Waals surface area contributed by atoms with E-state index in [1.807, 2.05) is 24.0 Å². The lowest BCUT2D eigenvalue weighted by Crippen LogP contribution is -2.48. The summed E-state index contributed by atoms with van der Waals surface area (Å²) in [5.74, 6) is 0.0373. The molecule has 1 aromatic rings. The van der Waals surface area contributed by atoms with Crippen LogP contribution in [0.4, 0.5) is 0 Å². The minimum Gasteiger partial charge on any atom is -0.340 e. The lowest BCUT2D eigenvalue weighted by molar-refractivity contribution is -0.131. The van der Waals surface area contributed by atoms with Gasteiger partial charge in [0, 0.05) is 51.7 Å². The van der Waals surface area contributed by atoms with Crippen LogP contribution in [0.25, 0.3) is 0 Å². The van der Waals surface area contributed by atoms with E-state index < -0.39 is 10.0 Å². The van der Waals surface area contributed by atoms with Gasteiger partial charge in [0.2, 0.25) is 15.9 Å². The van der Waals surface area contributed by atoms with E-state index in [9.17, 15) is 13.2 Å². The Morgan fingerprint density at radius 1 is 1.21 bits per heavy atom. The number of nitrogens with one attached hydrogen (secondary N) is 1. The molecule has 0 aromatic heterocycles. The Morgan fingerprint density at radius 3 is 2.62 bits per heavy atom. The summed E-state index contributed by atoms with van der Waals surface area (Å²) < 4.78 is 28.5. The van der Waals surface area contributed by atoms with Crippen LogP contribution < -0.4 is 5.32 Å². The van der Waals surface area contributed by atoms with Gasteiger partial charge in [0.05, 0.1) is 4.90 Å². The standard InChI is InChI=1S/C21H34N4O3S/c1-3-23-13-6-8-19(23)17-25(14-10-21(26)24-15-11-22-12-16-24)29(27,28)20-9-5-4-7-18(20)2/h4-5,7,9,19,22H,3,6,8,10-17H2,1-2H3. The lowest BCUT2D eigenvalue weighted by Gasteiger charge is -2.31. The number of sulfonamides is 1. The van der Waals surface area contributed by atoms with Crippen molar-refractivity contribution in [1.82, 2.24) is 19.4 Å². The Bertz CT molecular complexity index is 793. The van der Waals surface area contributed by atoms with Crippen LogP contribution in [-0.2, 0) is 14.8 Å². The molecule has 0 aliphatic carbocycles.